The smallest absolute Gasteiger partial charge is 0.225 e. The van der Waals surface area contributed by atoms with Crippen LogP contribution < -0.4 is 10.6 Å². The first-order chi connectivity index (χ1) is 5.59. The van der Waals surface area contributed by atoms with Crippen molar-refractivity contribution in [1.29, 1.82) is 0 Å². The molecule has 1 aliphatic carbocycles. The predicted octanol–water partition coefficient (Wildman–Crippen LogP) is 0.120. The summed E-state index contributed by atoms with van der Waals surface area (Å²) in [7, 11) is 0. The van der Waals surface area contributed by atoms with E-state index in [1.807, 2.05) is 0 Å². The van der Waals surface area contributed by atoms with Gasteiger partial charge in [-0.05, 0) is 11.8 Å². The van der Waals surface area contributed by atoms with Crippen molar-refractivity contribution in [3.8, 4) is 0 Å². The van der Waals surface area contributed by atoms with Crippen molar-refractivity contribution in [2.24, 2.45) is 11.3 Å². The third-order valence-electron chi connectivity index (χ3n) is 2.98. The second-order valence-electron chi connectivity index (χ2n) is 4.61. The Hall–Kier alpha value is -0.570. The normalized spacial score (nSPS) is 32.3. The fraction of sp³-hybridized carbons (Fsp3) is 0.889. The maximum Gasteiger partial charge on any atom is 0.225 e. The summed E-state index contributed by atoms with van der Waals surface area (Å²) in [4.78, 5) is 11.4. The number of carbonyl (C=O) groups is 1. The van der Waals surface area contributed by atoms with Gasteiger partial charge in [0, 0.05) is 19.1 Å². The second kappa shape index (κ2) is 2.46. The molecular formula is C9H16N2O. The summed E-state index contributed by atoms with van der Waals surface area (Å²) >= 11 is 0. The summed E-state index contributed by atoms with van der Waals surface area (Å²) in [5.74, 6) is 0.478. The minimum Gasteiger partial charge on any atom is -0.352 e. The SMILES string of the molecule is CC1(C)CC1NC(=O)C1CNC1. The molecule has 3 heteroatoms. The fourth-order valence-electron chi connectivity index (χ4n) is 1.48. The van der Waals surface area contributed by atoms with Gasteiger partial charge in [0.1, 0.15) is 0 Å². The van der Waals surface area contributed by atoms with Gasteiger partial charge < -0.3 is 10.6 Å². The third kappa shape index (κ3) is 1.33. The van der Waals surface area contributed by atoms with Crippen LogP contribution in [0.3, 0.4) is 0 Å². The van der Waals surface area contributed by atoms with E-state index in [-0.39, 0.29) is 11.8 Å². The van der Waals surface area contributed by atoms with Gasteiger partial charge in [-0.25, -0.2) is 0 Å². The Balaban J connectivity index is 1.77. The van der Waals surface area contributed by atoms with E-state index in [9.17, 15) is 4.79 Å². The van der Waals surface area contributed by atoms with E-state index in [0.717, 1.165) is 19.5 Å². The lowest BCUT2D eigenvalue weighted by molar-refractivity contribution is -0.126. The molecule has 1 saturated carbocycles. The van der Waals surface area contributed by atoms with Crippen molar-refractivity contribution in [2.45, 2.75) is 26.3 Å². The van der Waals surface area contributed by atoms with E-state index in [2.05, 4.69) is 24.5 Å². The summed E-state index contributed by atoms with van der Waals surface area (Å²) in [6, 6.07) is 0.436. The highest BCUT2D eigenvalue weighted by molar-refractivity contribution is 5.80. The molecule has 1 heterocycles. The molecule has 3 nitrogen and oxygen atoms in total. The van der Waals surface area contributed by atoms with Crippen molar-refractivity contribution < 1.29 is 4.79 Å². The van der Waals surface area contributed by atoms with Crippen LogP contribution >= 0.6 is 0 Å². The average molecular weight is 168 g/mol. The molecule has 0 radical (unpaired) electrons. The molecule has 1 atom stereocenters. The molecule has 0 aromatic carbocycles. The van der Waals surface area contributed by atoms with Crippen molar-refractivity contribution >= 4 is 5.91 Å². The van der Waals surface area contributed by atoms with Crippen molar-refractivity contribution in [2.75, 3.05) is 13.1 Å². The number of hydrogen-bond donors (Lipinski definition) is 2. The Labute approximate surface area is 72.9 Å². The van der Waals surface area contributed by atoms with Crippen LogP contribution in [0.1, 0.15) is 20.3 Å². The lowest BCUT2D eigenvalue weighted by atomic mass is 10.0. The van der Waals surface area contributed by atoms with E-state index in [1.165, 1.54) is 0 Å². The molecule has 68 valence electrons. The van der Waals surface area contributed by atoms with Gasteiger partial charge in [0.05, 0.1) is 5.92 Å². The number of nitrogens with one attached hydrogen (secondary N) is 2. The molecule has 2 aliphatic rings. The largest absolute Gasteiger partial charge is 0.352 e. The highest BCUT2D eigenvalue weighted by Gasteiger charge is 2.47. The van der Waals surface area contributed by atoms with Gasteiger partial charge in [-0.15, -0.1) is 0 Å². The Bertz CT molecular complexity index is 209. The Morgan fingerprint density at radius 2 is 2.08 bits per heavy atom. The maximum absolute atomic E-state index is 11.4. The van der Waals surface area contributed by atoms with Gasteiger partial charge in [0.15, 0.2) is 0 Å². The van der Waals surface area contributed by atoms with Crippen molar-refractivity contribution in [1.82, 2.24) is 10.6 Å². The van der Waals surface area contributed by atoms with E-state index < -0.39 is 0 Å². The predicted molar refractivity (Wildman–Crippen MR) is 46.7 cm³/mol. The molecule has 1 aliphatic heterocycles. The average Bonchev–Trinajstić information content (AvgIpc) is 2.33. The van der Waals surface area contributed by atoms with Crippen LogP contribution in [0.2, 0.25) is 0 Å². The molecule has 0 bridgehead atoms. The molecule has 2 fully saturated rings. The van der Waals surface area contributed by atoms with Gasteiger partial charge in [0.2, 0.25) is 5.91 Å². The summed E-state index contributed by atoms with van der Waals surface area (Å²) in [6.45, 7) is 6.10. The first kappa shape index (κ1) is 8.05. The fourth-order valence-corrected chi connectivity index (χ4v) is 1.48. The molecule has 1 unspecified atom stereocenters. The summed E-state index contributed by atoms with van der Waals surface area (Å²) < 4.78 is 0. The van der Waals surface area contributed by atoms with Crippen LogP contribution in [0.5, 0.6) is 0 Å². The maximum atomic E-state index is 11.4. The Kier molecular flexibility index (Phi) is 1.65. The zero-order chi connectivity index (χ0) is 8.77. The molecule has 2 rings (SSSR count). The molecule has 0 aromatic heterocycles. The van der Waals surface area contributed by atoms with Gasteiger partial charge in [-0.1, -0.05) is 13.8 Å². The molecule has 1 saturated heterocycles. The summed E-state index contributed by atoms with van der Waals surface area (Å²) in [5, 5.41) is 6.16. The second-order valence-corrected chi connectivity index (χ2v) is 4.61. The third-order valence-corrected chi connectivity index (χ3v) is 2.98. The lowest BCUT2D eigenvalue weighted by Crippen LogP contribution is -2.51. The zero-order valence-electron chi connectivity index (χ0n) is 7.68. The number of amides is 1. The van der Waals surface area contributed by atoms with Crippen LogP contribution in [0, 0.1) is 11.3 Å². The first-order valence-corrected chi connectivity index (χ1v) is 4.61. The summed E-state index contributed by atoms with van der Waals surface area (Å²) in [5.41, 5.74) is 0.354. The molecule has 12 heavy (non-hydrogen) atoms. The van der Waals surface area contributed by atoms with E-state index in [0.29, 0.717) is 11.5 Å². The van der Waals surface area contributed by atoms with Crippen LogP contribution in [0.15, 0.2) is 0 Å². The molecule has 0 spiro atoms. The molecule has 2 N–H and O–H groups in total. The lowest BCUT2D eigenvalue weighted by Gasteiger charge is -2.26. The van der Waals surface area contributed by atoms with Crippen LogP contribution in [0.25, 0.3) is 0 Å². The standard InChI is InChI=1S/C9H16N2O/c1-9(2)3-7(9)11-8(12)6-4-10-5-6/h6-7,10H,3-5H2,1-2H3,(H,11,12). The zero-order valence-corrected chi connectivity index (χ0v) is 7.68. The van der Waals surface area contributed by atoms with Gasteiger partial charge in [-0.2, -0.15) is 0 Å². The summed E-state index contributed by atoms with van der Waals surface area (Å²) in [6.07, 6.45) is 1.14. The highest BCUT2D eigenvalue weighted by atomic mass is 16.2. The highest BCUT2D eigenvalue weighted by Crippen LogP contribution is 2.44. The van der Waals surface area contributed by atoms with Crippen molar-refractivity contribution in [3.05, 3.63) is 0 Å². The molecular weight excluding hydrogens is 152 g/mol. The number of hydrogen-bond acceptors (Lipinski definition) is 2. The number of carbonyl (C=O) groups excluding carboxylic acids is 1. The quantitative estimate of drug-likeness (QED) is 0.615. The van der Waals surface area contributed by atoms with Gasteiger partial charge in [0.25, 0.3) is 0 Å². The van der Waals surface area contributed by atoms with Gasteiger partial charge in [-0.3, -0.25) is 4.79 Å². The van der Waals surface area contributed by atoms with E-state index in [4.69, 9.17) is 0 Å². The van der Waals surface area contributed by atoms with Crippen LogP contribution in [-0.2, 0) is 4.79 Å². The van der Waals surface area contributed by atoms with E-state index >= 15 is 0 Å². The minimum absolute atomic E-state index is 0.237. The molecule has 0 aromatic rings. The van der Waals surface area contributed by atoms with Crippen LogP contribution in [0.4, 0.5) is 0 Å². The number of rotatable bonds is 2. The van der Waals surface area contributed by atoms with Crippen LogP contribution in [-0.4, -0.2) is 25.0 Å². The molecule has 1 amide bonds. The van der Waals surface area contributed by atoms with Gasteiger partial charge >= 0.3 is 0 Å². The first-order valence-electron chi connectivity index (χ1n) is 4.61. The Morgan fingerprint density at radius 1 is 1.50 bits per heavy atom. The van der Waals surface area contributed by atoms with E-state index in [1.54, 1.807) is 0 Å². The van der Waals surface area contributed by atoms with Crippen molar-refractivity contribution in [3.63, 3.8) is 0 Å². The monoisotopic (exact) mass is 168 g/mol. The minimum atomic E-state index is 0.237. The topological polar surface area (TPSA) is 41.1 Å². The Morgan fingerprint density at radius 3 is 2.42 bits per heavy atom.